The highest BCUT2D eigenvalue weighted by atomic mass is 32.2. The second-order valence-electron chi connectivity index (χ2n) is 9.00. The summed E-state index contributed by atoms with van der Waals surface area (Å²) >= 11 is 0. The summed E-state index contributed by atoms with van der Waals surface area (Å²) in [5, 5.41) is 19.0. The van der Waals surface area contributed by atoms with Gasteiger partial charge in [0.1, 0.15) is 17.8 Å². The Morgan fingerprint density at radius 2 is 1.85 bits per heavy atom. The number of benzene rings is 1. The van der Waals surface area contributed by atoms with Crippen molar-refractivity contribution in [2.24, 2.45) is 0 Å². The van der Waals surface area contributed by atoms with Gasteiger partial charge in [0.15, 0.2) is 18.0 Å². The average molecular weight is 573 g/mol. The van der Waals surface area contributed by atoms with Crippen LogP contribution in [0.2, 0.25) is 0 Å². The van der Waals surface area contributed by atoms with Gasteiger partial charge < -0.3 is 24.2 Å². The molecule has 0 radical (unpaired) electrons. The number of unbranched alkanes of at least 4 members (excludes halogenated alkanes) is 2. The van der Waals surface area contributed by atoms with E-state index in [1.807, 2.05) is 35.2 Å². The van der Waals surface area contributed by atoms with Gasteiger partial charge in [0, 0.05) is 48.7 Å². The summed E-state index contributed by atoms with van der Waals surface area (Å²) in [4.78, 5) is 21.3. The number of carbonyl (C=O) groups is 1. The first-order chi connectivity index (χ1) is 19.2. The molecule has 3 N–H and O–H groups in total. The molecule has 0 unspecified atom stereocenters. The summed E-state index contributed by atoms with van der Waals surface area (Å²) < 4.78 is 44.4. The van der Waals surface area contributed by atoms with Crippen LogP contribution in [0.3, 0.4) is 0 Å². The third-order valence-corrected chi connectivity index (χ3v) is 6.58. The largest absolute Gasteiger partial charge is 0.493 e. The number of oxazole rings is 1. The minimum atomic E-state index is -4.01. The second kappa shape index (κ2) is 13.1. The van der Waals surface area contributed by atoms with Gasteiger partial charge in [0.2, 0.25) is 17.7 Å². The zero-order valence-corrected chi connectivity index (χ0v) is 22.4. The fourth-order valence-corrected chi connectivity index (χ4v) is 4.33. The highest BCUT2D eigenvalue weighted by molar-refractivity contribution is 7.85. The first-order valence-electron chi connectivity index (χ1n) is 12.6. The predicted octanol–water partition coefficient (Wildman–Crippen LogP) is 3.37. The van der Waals surface area contributed by atoms with Crippen molar-refractivity contribution in [1.29, 1.82) is 0 Å². The normalized spacial score (nSPS) is 11.8. The van der Waals surface area contributed by atoms with Crippen molar-refractivity contribution in [3.63, 3.8) is 0 Å². The highest BCUT2D eigenvalue weighted by Gasteiger charge is 2.12. The molecule has 40 heavy (non-hydrogen) atoms. The van der Waals surface area contributed by atoms with Gasteiger partial charge >= 0.3 is 5.97 Å². The Morgan fingerprint density at radius 3 is 2.62 bits per heavy atom. The number of carbonyl (C=O) groups excluding carboxylic acids is 1. The summed E-state index contributed by atoms with van der Waals surface area (Å²) in [5.41, 5.74) is 2.13. The van der Waals surface area contributed by atoms with Crippen molar-refractivity contribution < 1.29 is 46.5 Å². The van der Waals surface area contributed by atoms with Crippen LogP contribution in [0.1, 0.15) is 43.6 Å². The maximum Gasteiger partial charge on any atom is 0.333 e. The van der Waals surface area contributed by atoms with Crippen molar-refractivity contribution in [1.82, 2.24) is 9.71 Å². The molecule has 0 atom stereocenters. The van der Waals surface area contributed by atoms with Crippen molar-refractivity contribution in [2.75, 3.05) is 12.4 Å². The smallest absolute Gasteiger partial charge is 0.333 e. The van der Waals surface area contributed by atoms with Crippen LogP contribution in [0, 0.1) is 0 Å². The van der Waals surface area contributed by atoms with Crippen LogP contribution >= 0.6 is 0 Å². The van der Waals surface area contributed by atoms with Gasteiger partial charge in [-0.05, 0) is 43.5 Å². The van der Waals surface area contributed by atoms with Gasteiger partial charge in [-0.25, -0.2) is 14.3 Å². The molecule has 0 spiro atoms. The zero-order valence-electron chi connectivity index (χ0n) is 21.5. The number of pyridine rings is 1. The van der Waals surface area contributed by atoms with Crippen molar-refractivity contribution in [2.45, 2.75) is 38.6 Å². The molecule has 1 aromatic carbocycles. The van der Waals surface area contributed by atoms with Crippen LogP contribution in [0.5, 0.6) is 17.5 Å². The molecule has 12 nitrogen and oxygen atoms in total. The SMILES string of the molecule is O=C(CCCCC[n+]1cccc(C=Cc2nc3ccc(OCCCS(=O)(=O)O)cc3o2)c1)On1c(O)ccc1O. The molecule has 0 amide bonds. The number of aromatic nitrogens is 3. The summed E-state index contributed by atoms with van der Waals surface area (Å²) in [5.74, 6) is -0.672. The van der Waals surface area contributed by atoms with Crippen molar-refractivity contribution in [3.8, 4) is 17.5 Å². The molecule has 4 rings (SSSR count). The molecule has 13 heteroatoms. The van der Waals surface area contributed by atoms with E-state index >= 15 is 0 Å². The maximum atomic E-state index is 11.9. The van der Waals surface area contributed by atoms with E-state index in [1.54, 1.807) is 24.3 Å². The van der Waals surface area contributed by atoms with Gasteiger partial charge in [-0.3, -0.25) is 4.55 Å². The monoisotopic (exact) mass is 572 g/mol. The predicted molar refractivity (Wildman–Crippen MR) is 144 cm³/mol. The number of nitrogens with zero attached hydrogens (tertiary/aromatic N) is 3. The van der Waals surface area contributed by atoms with E-state index in [2.05, 4.69) is 4.98 Å². The lowest BCUT2D eigenvalue weighted by Crippen LogP contribution is -2.32. The number of fused-ring (bicyclic) bond motifs is 1. The van der Waals surface area contributed by atoms with E-state index in [9.17, 15) is 23.4 Å². The molecule has 4 aromatic rings. The third-order valence-electron chi connectivity index (χ3n) is 5.78. The molecule has 0 bridgehead atoms. The number of aryl methyl sites for hydroxylation is 1. The Morgan fingerprint density at radius 1 is 1.05 bits per heavy atom. The Bertz CT molecular complexity index is 1570. The van der Waals surface area contributed by atoms with E-state index in [0.29, 0.717) is 33.9 Å². The van der Waals surface area contributed by atoms with Crippen molar-refractivity contribution in [3.05, 3.63) is 66.3 Å². The zero-order chi connectivity index (χ0) is 28.5. The molecule has 0 aliphatic heterocycles. The average Bonchev–Trinajstić information content (AvgIpc) is 3.47. The maximum absolute atomic E-state index is 11.9. The lowest BCUT2D eigenvalue weighted by molar-refractivity contribution is -0.697. The molecule has 0 saturated heterocycles. The number of aromatic hydroxyl groups is 2. The highest BCUT2D eigenvalue weighted by Crippen LogP contribution is 2.23. The molecule has 0 saturated carbocycles. The summed E-state index contributed by atoms with van der Waals surface area (Å²) in [6, 6.07) is 11.5. The summed E-state index contributed by atoms with van der Waals surface area (Å²) in [6.45, 7) is 0.893. The van der Waals surface area contributed by atoms with Crippen LogP contribution in [-0.2, 0) is 21.5 Å². The van der Waals surface area contributed by atoms with Crippen LogP contribution in [0.25, 0.3) is 23.3 Å². The van der Waals surface area contributed by atoms with Crippen LogP contribution in [-0.4, -0.2) is 51.2 Å². The first kappa shape index (κ1) is 28.6. The topological polar surface area (TPSA) is 165 Å². The Hall–Kier alpha value is -4.36. The van der Waals surface area contributed by atoms with Gasteiger partial charge in [0.05, 0.1) is 12.4 Å². The Kier molecular flexibility index (Phi) is 9.40. The van der Waals surface area contributed by atoms with Gasteiger partial charge in [0.25, 0.3) is 10.1 Å². The van der Waals surface area contributed by atoms with E-state index < -0.39 is 16.1 Å². The Labute approximate surface area is 230 Å². The van der Waals surface area contributed by atoms with Gasteiger partial charge in [-0.2, -0.15) is 8.42 Å². The first-order valence-corrected chi connectivity index (χ1v) is 14.2. The molecule has 0 aliphatic rings. The molecular weight excluding hydrogens is 542 g/mol. The van der Waals surface area contributed by atoms with Crippen LogP contribution in [0.15, 0.2) is 59.3 Å². The lowest BCUT2D eigenvalue weighted by atomic mass is 10.2. The number of hydrogen-bond donors (Lipinski definition) is 3. The number of ether oxygens (including phenoxy) is 1. The van der Waals surface area contributed by atoms with Crippen LogP contribution in [0.4, 0.5) is 0 Å². The molecule has 0 fully saturated rings. The molecule has 212 valence electrons. The van der Waals surface area contributed by atoms with Gasteiger partial charge in [-0.15, -0.1) is 4.73 Å². The summed E-state index contributed by atoms with van der Waals surface area (Å²) in [7, 11) is -4.01. The van der Waals surface area contributed by atoms with E-state index in [4.69, 9.17) is 18.5 Å². The molecule has 3 aromatic heterocycles. The minimum Gasteiger partial charge on any atom is -0.493 e. The molecule has 0 aliphatic carbocycles. The lowest BCUT2D eigenvalue weighted by Gasteiger charge is -2.06. The standard InChI is InChI=1S/C27H29N3O9S/c31-25-12-13-26(32)30(25)39-27(33)7-2-1-3-14-29-15-4-6-20(19-29)8-11-24-28-22-10-9-21(18-23(22)38-24)37-16-5-17-40(34,35)36/h4,6,8-13,15,18-19H,1-3,5,7,14,16-17H2,(H2-,31,32,34,35,36)/p+1. The van der Waals surface area contributed by atoms with Crippen LogP contribution < -0.4 is 14.1 Å². The van der Waals surface area contributed by atoms with Gasteiger partial charge in [-0.1, -0.05) is 0 Å². The minimum absolute atomic E-state index is 0.137. The van der Waals surface area contributed by atoms with E-state index in [-0.39, 0.29) is 37.0 Å². The fraction of sp³-hybridized carbons (Fsp3) is 0.296. The molecular formula is C27H30N3O9S+. The van der Waals surface area contributed by atoms with Crippen molar-refractivity contribution >= 4 is 39.3 Å². The third kappa shape index (κ3) is 8.58. The quantitative estimate of drug-likeness (QED) is 0.116. The molecule has 3 heterocycles. The summed E-state index contributed by atoms with van der Waals surface area (Å²) in [6.07, 6.45) is 10.2. The fourth-order valence-electron chi connectivity index (χ4n) is 3.85. The number of hydrogen-bond acceptors (Lipinski definition) is 9. The Balaban J connectivity index is 1.23. The van der Waals surface area contributed by atoms with E-state index in [1.165, 1.54) is 12.1 Å². The van der Waals surface area contributed by atoms with E-state index in [0.717, 1.165) is 24.9 Å². The second-order valence-corrected chi connectivity index (χ2v) is 10.6. The number of rotatable bonds is 14.